The predicted molar refractivity (Wildman–Crippen MR) is 94.9 cm³/mol. The molecular formula is C19H23NO5. The first-order valence-corrected chi connectivity index (χ1v) is 7.79. The SMILES string of the molecule is COc1ccccc1CCNCc1ccccc1C.O=C(O)C(=O)O. The molecule has 3 N–H and O–H groups in total. The summed E-state index contributed by atoms with van der Waals surface area (Å²) in [6.45, 7) is 4.02. The molecule has 0 aliphatic rings. The van der Waals surface area contributed by atoms with Crippen molar-refractivity contribution in [2.75, 3.05) is 13.7 Å². The molecule has 0 fully saturated rings. The molecule has 0 unspecified atom stereocenters. The summed E-state index contributed by atoms with van der Waals surface area (Å²) >= 11 is 0. The first-order chi connectivity index (χ1) is 12.0. The van der Waals surface area contributed by atoms with Crippen molar-refractivity contribution in [3.05, 3.63) is 65.2 Å². The van der Waals surface area contributed by atoms with Crippen LogP contribution in [-0.2, 0) is 22.6 Å². The number of carboxylic acids is 2. The number of carboxylic acid groups (broad SMARTS) is 2. The van der Waals surface area contributed by atoms with Crippen LogP contribution in [0.15, 0.2) is 48.5 Å². The van der Waals surface area contributed by atoms with E-state index in [0.29, 0.717) is 0 Å². The molecule has 2 aromatic carbocycles. The summed E-state index contributed by atoms with van der Waals surface area (Å²) in [4.78, 5) is 18.2. The molecule has 0 saturated heterocycles. The maximum absolute atomic E-state index is 9.10. The maximum Gasteiger partial charge on any atom is 0.414 e. The molecule has 0 saturated carbocycles. The Kier molecular flexibility index (Phi) is 8.74. The third kappa shape index (κ3) is 7.50. The van der Waals surface area contributed by atoms with Gasteiger partial charge < -0.3 is 20.3 Å². The molecule has 0 amide bonds. The molecule has 134 valence electrons. The number of benzene rings is 2. The Labute approximate surface area is 147 Å². The summed E-state index contributed by atoms with van der Waals surface area (Å²) in [5, 5.41) is 18.3. The van der Waals surface area contributed by atoms with Crippen LogP contribution in [0.4, 0.5) is 0 Å². The largest absolute Gasteiger partial charge is 0.496 e. The minimum Gasteiger partial charge on any atom is -0.496 e. The average Bonchev–Trinajstić information content (AvgIpc) is 2.61. The van der Waals surface area contributed by atoms with Crippen molar-refractivity contribution in [2.45, 2.75) is 19.9 Å². The van der Waals surface area contributed by atoms with Crippen molar-refractivity contribution in [1.29, 1.82) is 0 Å². The van der Waals surface area contributed by atoms with Crippen LogP contribution in [-0.4, -0.2) is 35.8 Å². The van der Waals surface area contributed by atoms with Crippen molar-refractivity contribution >= 4 is 11.9 Å². The standard InChI is InChI=1S/C17H21NO.C2H2O4/c1-14-7-3-4-9-16(14)13-18-12-11-15-8-5-6-10-17(15)19-2;3-1(4)2(5)6/h3-10,18H,11-13H2,1-2H3;(H,3,4)(H,5,6). The van der Waals surface area contributed by atoms with E-state index in [2.05, 4.69) is 48.6 Å². The molecule has 0 atom stereocenters. The predicted octanol–water partition coefficient (Wildman–Crippen LogP) is 2.49. The first kappa shape index (κ1) is 20.2. The van der Waals surface area contributed by atoms with Crippen LogP contribution < -0.4 is 10.1 Å². The Morgan fingerprint density at radius 2 is 1.52 bits per heavy atom. The zero-order valence-corrected chi connectivity index (χ0v) is 14.4. The van der Waals surface area contributed by atoms with Crippen LogP contribution in [0.25, 0.3) is 0 Å². The highest BCUT2D eigenvalue weighted by atomic mass is 16.5. The Bertz CT molecular complexity index is 688. The smallest absolute Gasteiger partial charge is 0.414 e. The fourth-order valence-electron chi connectivity index (χ4n) is 2.16. The molecule has 6 nitrogen and oxygen atoms in total. The second kappa shape index (κ2) is 10.8. The van der Waals surface area contributed by atoms with Gasteiger partial charge in [-0.1, -0.05) is 42.5 Å². The van der Waals surface area contributed by atoms with E-state index in [4.69, 9.17) is 24.5 Å². The lowest BCUT2D eigenvalue weighted by Gasteiger charge is -2.10. The van der Waals surface area contributed by atoms with Crippen molar-refractivity contribution in [3.8, 4) is 5.75 Å². The number of aryl methyl sites for hydroxylation is 1. The number of rotatable bonds is 6. The van der Waals surface area contributed by atoms with E-state index in [9.17, 15) is 0 Å². The highest BCUT2D eigenvalue weighted by molar-refractivity contribution is 6.27. The third-order valence-corrected chi connectivity index (χ3v) is 3.52. The fraction of sp³-hybridized carbons (Fsp3) is 0.263. The fourth-order valence-corrected chi connectivity index (χ4v) is 2.16. The van der Waals surface area contributed by atoms with E-state index >= 15 is 0 Å². The molecule has 0 aliphatic heterocycles. The number of hydrogen-bond donors (Lipinski definition) is 3. The van der Waals surface area contributed by atoms with Crippen LogP contribution in [0.1, 0.15) is 16.7 Å². The van der Waals surface area contributed by atoms with E-state index in [0.717, 1.165) is 25.3 Å². The van der Waals surface area contributed by atoms with Crippen LogP contribution in [0, 0.1) is 6.92 Å². The number of carbonyl (C=O) groups is 2. The van der Waals surface area contributed by atoms with E-state index in [1.165, 1.54) is 16.7 Å². The summed E-state index contributed by atoms with van der Waals surface area (Å²) in [5.74, 6) is -2.68. The minimum absolute atomic E-state index is 0.918. The number of methoxy groups -OCH3 is 1. The highest BCUT2D eigenvalue weighted by Crippen LogP contribution is 2.17. The molecule has 0 aromatic heterocycles. The quantitative estimate of drug-likeness (QED) is 0.550. The first-order valence-electron chi connectivity index (χ1n) is 7.79. The summed E-state index contributed by atoms with van der Waals surface area (Å²) in [6.07, 6.45) is 0.982. The van der Waals surface area contributed by atoms with Gasteiger partial charge in [0.15, 0.2) is 0 Å². The lowest BCUT2D eigenvalue weighted by Crippen LogP contribution is -2.17. The second-order valence-corrected chi connectivity index (χ2v) is 5.28. The van der Waals surface area contributed by atoms with Gasteiger partial charge in [-0.15, -0.1) is 0 Å². The van der Waals surface area contributed by atoms with Crippen LogP contribution >= 0.6 is 0 Å². The number of nitrogens with one attached hydrogen (secondary N) is 1. The molecule has 2 aromatic rings. The highest BCUT2D eigenvalue weighted by Gasteiger charge is 2.04. The van der Waals surface area contributed by atoms with Gasteiger partial charge in [0, 0.05) is 6.54 Å². The summed E-state index contributed by atoms with van der Waals surface area (Å²) in [6, 6.07) is 16.7. The van der Waals surface area contributed by atoms with E-state index in [1.54, 1.807) is 7.11 Å². The van der Waals surface area contributed by atoms with Crippen LogP contribution in [0.5, 0.6) is 5.75 Å². The van der Waals surface area contributed by atoms with Crippen LogP contribution in [0.3, 0.4) is 0 Å². The lowest BCUT2D eigenvalue weighted by molar-refractivity contribution is -0.159. The Hall–Kier alpha value is -2.86. The normalized spacial score (nSPS) is 9.68. The van der Waals surface area contributed by atoms with Crippen LogP contribution in [0.2, 0.25) is 0 Å². The maximum atomic E-state index is 9.10. The van der Waals surface area contributed by atoms with E-state index < -0.39 is 11.9 Å². The van der Waals surface area contributed by atoms with Gasteiger partial charge >= 0.3 is 11.9 Å². The van der Waals surface area contributed by atoms with Gasteiger partial charge in [0.1, 0.15) is 5.75 Å². The van der Waals surface area contributed by atoms with Gasteiger partial charge in [-0.25, -0.2) is 9.59 Å². The van der Waals surface area contributed by atoms with Crippen molar-refractivity contribution in [1.82, 2.24) is 5.32 Å². The topological polar surface area (TPSA) is 95.9 Å². The second-order valence-electron chi connectivity index (χ2n) is 5.28. The number of para-hydroxylation sites is 1. The minimum atomic E-state index is -1.82. The van der Waals surface area contributed by atoms with E-state index in [1.807, 2.05) is 12.1 Å². The van der Waals surface area contributed by atoms with Gasteiger partial charge in [0.2, 0.25) is 0 Å². The molecule has 0 radical (unpaired) electrons. The van der Waals surface area contributed by atoms with E-state index in [-0.39, 0.29) is 0 Å². The molecule has 6 heteroatoms. The monoisotopic (exact) mass is 345 g/mol. The Morgan fingerprint density at radius 1 is 0.960 bits per heavy atom. The van der Waals surface area contributed by atoms with Crippen molar-refractivity contribution in [3.63, 3.8) is 0 Å². The summed E-state index contributed by atoms with van der Waals surface area (Å²) < 4.78 is 5.35. The van der Waals surface area contributed by atoms with Gasteiger partial charge in [-0.3, -0.25) is 0 Å². The van der Waals surface area contributed by atoms with Crippen molar-refractivity contribution in [2.24, 2.45) is 0 Å². The van der Waals surface area contributed by atoms with Gasteiger partial charge in [0.25, 0.3) is 0 Å². The Balaban J connectivity index is 0.000000450. The molecular weight excluding hydrogens is 322 g/mol. The Morgan fingerprint density at radius 3 is 2.08 bits per heavy atom. The van der Waals surface area contributed by atoms with Crippen molar-refractivity contribution < 1.29 is 24.5 Å². The van der Waals surface area contributed by atoms with Gasteiger partial charge in [0.05, 0.1) is 7.11 Å². The lowest BCUT2D eigenvalue weighted by atomic mass is 10.1. The summed E-state index contributed by atoms with van der Waals surface area (Å²) in [7, 11) is 1.72. The molecule has 0 bridgehead atoms. The number of ether oxygens (including phenoxy) is 1. The molecule has 2 rings (SSSR count). The molecule has 0 spiro atoms. The molecule has 0 aliphatic carbocycles. The third-order valence-electron chi connectivity index (χ3n) is 3.52. The van der Waals surface area contributed by atoms with Gasteiger partial charge in [-0.2, -0.15) is 0 Å². The zero-order chi connectivity index (χ0) is 18.7. The average molecular weight is 345 g/mol. The number of hydrogen-bond acceptors (Lipinski definition) is 4. The molecule has 25 heavy (non-hydrogen) atoms. The number of aliphatic carboxylic acids is 2. The van der Waals surface area contributed by atoms with Gasteiger partial charge in [-0.05, 0) is 42.6 Å². The zero-order valence-electron chi connectivity index (χ0n) is 14.4. The molecule has 0 heterocycles. The summed E-state index contributed by atoms with van der Waals surface area (Å²) in [5.41, 5.74) is 3.96.